The van der Waals surface area contributed by atoms with Gasteiger partial charge in [-0.2, -0.15) is 27.1 Å². The Hall–Kier alpha value is -1.67. The Morgan fingerprint density at radius 1 is 1.33 bits per heavy atom. The molecule has 4 nitrogen and oxygen atoms in total. The molecule has 0 unspecified atom stereocenters. The molecule has 0 aromatic carbocycles. The summed E-state index contributed by atoms with van der Waals surface area (Å²) in [5, 5.41) is 5.07. The van der Waals surface area contributed by atoms with Gasteiger partial charge in [0, 0.05) is 6.20 Å². The van der Waals surface area contributed by atoms with Crippen molar-refractivity contribution in [3.63, 3.8) is 0 Å². The van der Waals surface area contributed by atoms with Crippen molar-refractivity contribution in [2.24, 2.45) is 0 Å². The molecule has 0 radical (unpaired) electrons. The lowest BCUT2D eigenvalue weighted by Gasteiger charge is -2.18. The fourth-order valence-electron chi connectivity index (χ4n) is 0.599. The number of aromatic amines is 1. The summed E-state index contributed by atoms with van der Waals surface area (Å²) in [5.41, 5.74) is -0.598. The van der Waals surface area contributed by atoms with Crippen LogP contribution in [-0.4, -0.2) is 28.5 Å². The number of carbonyl (C=O) groups is 1. The highest BCUT2D eigenvalue weighted by atomic mass is 19.4. The molecule has 1 aromatic heterocycles. The second kappa shape index (κ2) is 3.48. The van der Waals surface area contributed by atoms with E-state index >= 15 is 0 Å². The summed E-state index contributed by atoms with van der Waals surface area (Å²) in [6, 6.07) is 0.898. The number of halogens is 5. The average Bonchev–Trinajstić information content (AvgIpc) is 2.51. The third-order valence-corrected chi connectivity index (χ3v) is 1.27. The zero-order valence-corrected chi connectivity index (χ0v) is 6.81. The van der Waals surface area contributed by atoms with Crippen LogP contribution in [0.3, 0.4) is 0 Å². The highest BCUT2D eigenvalue weighted by Crippen LogP contribution is 2.36. The lowest BCUT2D eigenvalue weighted by molar-refractivity contribution is -0.370. The van der Waals surface area contributed by atoms with Gasteiger partial charge >= 0.3 is 18.3 Å². The van der Waals surface area contributed by atoms with Gasteiger partial charge in [0.1, 0.15) is 5.69 Å². The van der Waals surface area contributed by atoms with Crippen molar-refractivity contribution in [1.82, 2.24) is 10.2 Å². The van der Waals surface area contributed by atoms with Crippen molar-refractivity contribution in [3.05, 3.63) is 18.0 Å². The van der Waals surface area contributed by atoms with Gasteiger partial charge < -0.3 is 4.74 Å². The molecule has 1 aromatic rings. The number of H-pyrrole nitrogens is 1. The van der Waals surface area contributed by atoms with E-state index in [2.05, 4.69) is 9.84 Å². The van der Waals surface area contributed by atoms with E-state index in [1.807, 2.05) is 5.10 Å². The van der Waals surface area contributed by atoms with Crippen LogP contribution in [0.15, 0.2) is 12.3 Å². The van der Waals surface area contributed by atoms with Crippen LogP contribution in [0.4, 0.5) is 22.0 Å². The number of ether oxygens (including phenoxy) is 1. The number of hydrogen-bond acceptors (Lipinski definition) is 3. The summed E-state index contributed by atoms with van der Waals surface area (Å²) in [5.74, 6) is -1.84. The van der Waals surface area contributed by atoms with Crippen LogP contribution in [0.5, 0.6) is 0 Å². The van der Waals surface area contributed by atoms with Gasteiger partial charge in [-0.1, -0.05) is 0 Å². The van der Waals surface area contributed by atoms with Crippen molar-refractivity contribution in [1.29, 1.82) is 0 Å². The summed E-state index contributed by atoms with van der Waals surface area (Å²) in [7, 11) is 0. The van der Waals surface area contributed by atoms with Crippen LogP contribution in [0.1, 0.15) is 10.5 Å². The lowest BCUT2D eigenvalue weighted by Crippen LogP contribution is -2.40. The smallest absolute Gasteiger partial charge is 0.389 e. The Labute approximate surface area is 79.0 Å². The summed E-state index contributed by atoms with van der Waals surface area (Å²) in [4.78, 5) is 10.7. The van der Waals surface area contributed by atoms with E-state index in [-0.39, 0.29) is 0 Å². The molecule has 0 aliphatic carbocycles. The van der Waals surface area contributed by atoms with E-state index in [0.29, 0.717) is 0 Å². The second-order valence-electron chi connectivity index (χ2n) is 2.37. The molecule has 0 spiro atoms. The number of rotatable bonds is 2. The van der Waals surface area contributed by atoms with Crippen molar-refractivity contribution >= 4 is 5.97 Å². The number of esters is 1. The van der Waals surface area contributed by atoms with Gasteiger partial charge in [-0.3, -0.25) is 5.10 Å². The van der Waals surface area contributed by atoms with Crippen LogP contribution in [-0.2, 0) is 4.74 Å². The fourth-order valence-corrected chi connectivity index (χ4v) is 0.599. The Bertz CT molecular complexity index is 345. The van der Waals surface area contributed by atoms with E-state index < -0.39 is 23.9 Å². The van der Waals surface area contributed by atoms with Crippen molar-refractivity contribution in [2.45, 2.75) is 12.3 Å². The maximum Gasteiger partial charge on any atom is 0.501 e. The molecule has 0 atom stereocenters. The molecular formula is C6H3F5N2O2. The Morgan fingerprint density at radius 2 is 1.93 bits per heavy atom. The zero-order valence-electron chi connectivity index (χ0n) is 6.81. The van der Waals surface area contributed by atoms with Crippen molar-refractivity contribution < 1.29 is 31.5 Å². The van der Waals surface area contributed by atoms with Crippen LogP contribution in [0, 0.1) is 0 Å². The number of nitrogens with one attached hydrogen (secondary N) is 1. The van der Waals surface area contributed by atoms with Gasteiger partial charge in [-0.15, -0.1) is 0 Å². The number of aromatic nitrogens is 2. The topological polar surface area (TPSA) is 55.0 Å². The maximum absolute atomic E-state index is 12.2. The van der Waals surface area contributed by atoms with Gasteiger partial charge in [0.25, 0.3) is 0 Å². The molecule has 0 amide bonds. The SMILES string of the molecule is O=C(OC(F)(F)C(F)(F)F)c1ccn[nH]1. The van der Waals surface area contributed by atoms with Gasteiger partial charge in [-0.05, 0) is 6.07 Å². The monoisotopic (exact) mass is 230 g/mol. The van der Waals surface area contributed by atoms with Crippen LogP contribution in [0.2, 0.25) is 0 Å². The molecule has 0 bridgehead atoms. The minimum absolute atomic E-state index is 0.598. The Kier molecular flexibility index (Phi) is 2.65. The molecule has 0 saturated carbocycles. The highest BCUT2D eigenvalue weighted by molar-refractivity contribution is 5.87. The molecule has 0 aliphatic rings. The minimum Gasteiger partial charge on any atom is -0.389 e. The Morgan fingerprint density at radius 3 is 2.33 bits per heavy atom. The van der Waals surface area contributed by atoms with E-state index in [1.165, 1.54) is 0 Å². The average molecular weight is 230 g/mol. The highest BCUT2D eigenvalue weighted by Gasteiger charge is 2.62. The van der Waals surface area contributed by atoms with E-state index in [9.17, 15) is 26.7 Å². The Balaban J connectivity index is 2.75. The first-order valence-electron chi connectivity index (χ1n) is 3.41. The normalized spacial score (nSPS) is 12.6. The molecule has 1 N–H and O–H groups in total. The second-order valence-corrected chi connectivity index (χ2v) is 2.37. The van der Waals surface area contributed by atoms with Crippen LogP contribution >= 0.6 is 0 Å². The van der Waals surface area contributed by atoms with E-state index in [4.69, 9.17) is 0 Å². The number of carbonyl (C=O) groups excluding carboxylic acids is 1. The van der Waals surface area contributed by atoms with Gasteiger partial charge in [0.15, 0.2) is 0 Å². The maximum atomic E-state index is 12.2. The largest absolute Gasteiger partial charge is 0.501 e. The molecule has 9 heteroatoms. The van der Waals surface area contributed by atoms with Gasteiger partial charge in [0.05, 0.1) is 0 Å². The molecule has 1 heterocycles. The van der Waals surface area contributed by atoms with Crippen molar-refractivity contribution in [2.75, 3.05) is 0 Å². The third kappa shape index (κ3) is 2.42. The van der Waals surface area contributed by atoms with E-state index in [1.54, 1.807) is 0 Å². The predicted molar refractivity (Wildman–Crippen MR) is 35.0 cm³/mol. The third-order valence-electron chi connectivity index (χ3n) is 1.27. The lowest BCUT2D eigenvalue weighted by atomic mass is 10.4. The summed E-state index contributed by atoms with van der Waals surface area (Å²) < 4.78 is 62.1. The number of alkyl halides is 5. The first kappa shape index (κ1) is 11.4. The number of nitrogens with zero attached hydrogens (tertiary/aromatic N) is 1. The predicted octanol–water partition coefficient (Wildman–Crippen LogP) is 1.72. The van der Waals surface area contributed by atoms with Crippen molar-refractivity contribution in [3.8, 4) is 0 Å². The minimum atomic E-state index is -5.94. The van der Waals surface area contributed by atoms with Crippen LogP contribution in [0.25, 0.3) is 0 Å². The quantitative estimate of drug-likeness (QED) is 0.621. The zero-order chi connectivity index (χ0) is 11.7. The molecule has 15 heavy (non-hydrogen) atoms. The van der Waals surface area contributed by atoms with E-state index in [0.717, 1.165) is 12.3 Å². The van der Waals surface area contributed by atoms with Gasteiger partial charge in [-0.25, -0.2) is 4.79 Å². The summed E-state index contributed by atoms with van der Waals surface area (Å²) in [6.45, 7) is 0. The molecule has 0 saturated heterocycles. The first-order chi connectivity index (χ1) is 6.74. The molecule has 0 fully saturated rings. The van der Waals surface area contributed by atoms with Gasteiger partial charge in [0.2, 0.25) is 0 Å². The number of hydrogen-bond donors (Lipinski definition) is 1. The fraction of sp³-hybridized carbons (Fsp3) is 0.333. The summed E-state index contributed by atoms with van der Waals surface area (Å²) in [6.07, 6.45) is -10.5. The molecular weight excluding hydrogens is 227 g/mol. The summed E-state index contributed by atoms with van der Waals surface area (Å²) >= 11 is 0. The molecule has 1 rings (SSSR count). The first-order valence-corrected chi connectivity index (χ1v) is 3.41. The molecule has 0 aliphatic heterocycles. The standard InChI is InChI=1S/C6H3F5N2O2/c7-5(8,9)6(10,11)15-4(14)3-1-2-12-13-3/h1-2H,(H,12,13). The molecule has 84 valence electrons. The van der Waals surface area contributed by atoms with Crippen LogP contribution < -0.4 is 0 Å².